The van der Waals surface area contributed by atoms with Gasteiger partial charge in [-0.15, -0.1) is 0 Å². The molecule has 184 valence electrons. The molecule has 5 N–H and O–H groups in total. The fourth-order valence-electron chi connectivity index (χ4n) is 5.01. The summed E-state index contributed by atoms with van der Waals surface area (Å²) in [5.41, 5.74) is 7.65. The number of primary amides is 1. The Morgan fingerprint density at radius 1 is 1.18 bits per heavy atom. The van der Waals surface area contributed by atoms with Crippen molar-refractivity contribution in [2.45, 2.75) is 58.4 Å². The van der Waals surface area contributed by atoms with Gasteiger partial charge in [0.1, 0.15) is 0 Å². The number of hydrogen-bond acceptors (Lipinski definition) is 8. The minimum atomic E-state index is -0.466. The van der Waals surface area contributed by atoms with Crippen LogP contribution in [-0.4, -0.2) is 53.6 Å². The summed E-state index contributed by atoms with van der Waals surface area (Å²) in [6, 6.07) is 5.62. The summed E-state index contributed by atoms with van der Waals surface area (Å²) in [6.07, 6.45) is 7.70. The Labute approximate surface area is 202 Å². The molecule has 2 fully saturated rings. The van der Waals surface area contributed by atoms with E-state index in [4.69, 9.17) is 15.7 Å². The van der Waals surface area contributed by atoms with Crippen molar-refractivity contribution < 1.29 is 4.79 Å². The SMILES string of the molecule is Cc1ccc(C(N)=O)cc1Nc1nc(N[C@@H]2CCNC2)nc(N(C)C[C@H](C)C2CCCCC2)n1. The molecule has 9 heteroatoms. The van der Waals surface area contributed by atoms with E-state index in [1.807, 2.05) is 13.0 Å². The van der Waals surface area contributed by atoms with E-state index in [-0.39, 0.29) is 6.04 Å². The summed E-state index contributed by atoms with van der Waals surface area (Å²) < 4.78 is 0. The first-order valence-electron chi connectivity index (χ1n) is 12.5. The second kappa shape index (κ2) is 11.0. The summed E-state index contributed by atoms with van der Waals surface area (Å²) >= 11 is 0. The molecular weight excluding hydrogens is 428 g/mol. The zero-order chi connectivity index (χ0) is 24.1. The Morgan fingerprint density at radius 2 is 1.94 bits per heavy atom. The number of amides is 1. The number of aromatic nitrogens is 3. The second-order valence-corrected chi connectivity index (χ2v) is 9.89. The highest BCUT2D eigenvalue weighted by Crippen LogP contribution is 2.31. The normalized spacial score (nSPS) is 19.6. The van der Waals surface area contributed by atoms with Gasteiger partial charge < -0.3 is 26.6 Å². The first-order valence-corrected chi connectivity index (χ1v) is 12.5. The summed E-state index contributed by atoms with van der Waals surface area (Å²) in [5, 5.41) is 10.1. The van der Waals surface area contributed by atoms with Gasteiger partial charge in [-0.3, -0.25) is 4.79 Å². The Bertz CT molecular complexity index is 985. The van der Waals surface area contributed by atoms with E-state index in [9.17, 15) is 4.79 Å². The number of hydrogen-bond donors (Lipinski definition) is 4. The van der Waals surface area contributed by atoms with Gasteiger partial charge in [0.25, 0.3) is 0 Å². The minimum Gasteiger partial charge on any atom is -0.366 e. The molecule has 0 spiro atoms. The molecule has 1 amide bonds. The van der Waals surface area contributed by atoms with Crippen molar-refractivity contribution >= 4 is 29.4 Å². The van der Waals surface area contributed by atoms with Crippen molar-refractivity contribution in [3.05, 3.63) is 29.3 Å². The Hall–Kier alpha value is -2.94. The smallest absolute Gasteiger partial charge is 0.248 e. The minimum absolute atomic E-state index is 0.287. The zero-order valence-corrected chi connectivity index (χ0v) is 20.6. The van der Waals surface area contributed by atoms with Gasteiger partial charge in [0, 0.05) is 37.4 Å². The van der Waals surface area contributed by atoms with E-state index < -0.39 is 5.91 Å². The van der Waals surface area contributed by atoms with Crippen LogP contribution in [0.25, 0.3) is 0 Å². The van der Waals surface area contributed by atoms with Crippen LogP contribution in [0.1, 0.15) is 61.4 Å². The quantitative estimate of drug-likeness (QED) is 0.443. The van der Waals surface area contributed by atoms with Crippen LogP contribution in [-0.2, 0) is 0 Å². The van der Waals surface area contributed by atoms with Crippen molar-refractivity contribution in [3.63, 3.8) is 0 Å². The molecule has 1 aromatic heterocycles. The first-order chi connectivity index (χ1) is 16.4. The molecule has 9 nitrogen and oxygen atoms in total. The van der Waals surface area contributed by atoms with E-state index in [1.54, 1.807) is 12.1 Å². The number of benzene rings is 1. The molecule has 0 radical (unpaired) electrons. The number of nitrogens with one attached hydrogen (secondary N) is 3. The number of nitrogens with zero attached hydrogens (tertiary/aromatic N) is 4. The average molecular weight is 467 g/mol. The van der Waals surface area contributed by atoms with E-state index in [2.05, 4.69) is 39.8 Å². The van der Waals surface area contributed by atoms with Gasteiger partial charge in [-0.05, 0) is 49.4 Å². The zero-order valence-electron chi connectivity index (χ0n) is 20.6. The van der Waals surface area contributed by atoms with Crippen LogP contribution in [0.4, 0.5) is 23.5 Å². The van der Waals surface area contributed by atoms with E-state index in [0.717, 1.165) is 43.2 Å². The lowest BCUT2D eigenvalue weighted by Gasteiger charge is -2.31. The van der Waals surface area contributed by atoms with Gasteiger partial charge in [-0.2, -0.15) is 15.0 Å². The monoisotopic (exact) mass is 466 g/mol. The van der Waals surface area contributed by atoms with Crippen LogP contribution < -0.4 is 26.6 Å². The van der Waals surface area contributed by atoms with E-state index in [1.165, 1.54) is 32.1 Å². The van der Waals surface area contributed by atoms with Gasteiger partial charge >= 0.3 is 0 Å². The standard InChI is InChI=1S/C25H38N8O/c1-16-9-10-19(22(26)34)13-21(16)29-24-30-23(28-20-11-12-27-14-20)31-25(32-24)33(3)15-17(2)18-7-5-4-6-8-18/h9-10,13,17-18,20,27H,4-8,11-12,14-15H2,1-3H3,(H2,26,34)(H2,28,29,30,31,32)/t17-,20+/m0/s1. The van der Waals surface area contributed by atoms with Crippen LogP contribution >= 0.6 is 0 Å². The highest BCUT2D eigenvalue weighted by atomic mass is 16.1. The predicted octanol–water partition coefficient (Wildman–Crippen LogP) is 3.45. The molecule has 1 aromatic carbocycles. The van der Waals surface area contributed by atoms with Crippen LogP contribution in [0.2, 0.25) is 0 Å². The van der Waals surface area contributed by atoms with Crippen molar-refractivity contribution in [3.8, 4) is 0 Å². The molecule has 2 aliphatic rings. The Morgan fingerprint density at radius 3 is 2.65 bits per heavy atom. The lowest BCUT2D eigenvalue weighted by atomic mass is 9.81. The Kier molecular flexibility index (Phi) is 7.82. The third-order valence-corrected chi connectivity index (χ3v) is 7.14. The molecule has 1 saturated heterocycles. The van der Waals surface area contributed by atoms with Crippen molar-refractivity contribution in [1.82, 2.24) is 20.3 Å². The molecule has 0 bridgehead atoms. The van der Waals surface area contributed by atoms with Crippen LogP contribution in [0.3, 0.4) is 0 Å². The highest BCUT2D eigenvalue weighted by Gasteiger charge is 2.23. The summed E-state index contributed by atoms with van der Waals surface area (Å²) in [4.78, 5) is 27.9. The Balaban J connectivity index is 1.57. The summed E-state index contributed by atoms with van der Waals surface area (Å²) in [5.74, 6) is 2.51. The third kappa shape index (κ3) is 6.14. The maximum absolute atomic E-state index is 11.7. The lowest BCUT2D eigenvalue weighted by Crippen LogP contribution is -2.31. The van der Waals surface area contributed by atoms with Crippen LogP contribution in [0.5, 0.6) is 0 Å². The molecule has 0 unspecified atom stereocenters. The number of carbonyl (C=O) groups is 1. The van der Waals surface area contributed by atoms with Crippen molar-refractivity contribution in [2.75, 3.05) is 42.2 Å². The molecule has 2 aromatic rings. The number of rotatable bonds is 9. The number of nitrogens with two attached hydrogens (primary N) is 1. The number of carbonyl (C=O) groups excluding carboxylic acids is 1. The maximum Gasteiger partial charge on any atom is 0.248 e. The van der Waals surface area contributed by atoms with Gasteiger partial charge in [-0.1, -0.05) is 45.1 Å². The van der Waals surface area contributed by atoms with Gasteiger partial charge in [0.05, 0.1) is 0 Å². The molecule has 1 aliphatic carbocycles. The molecule has 4 rings (SSSR count). The molecule has 2 atom stereocenters. The van der Waals surface area contributed by atoms with Gasteiger partial charge in [0.15, 0.2) is 0 Å². The van der Waals surface area contributed by atoms with Gasteiger partial charge in [-0.25, -0.2) is 0 Å². The average Bonchev–Trinajstić information content (AvgIpc) is 3.33. The fraction of sp³-hybridized carbons (Fsp3) is 0.600. The molecule has 1 saturated carbocycles. The van der Waals surface area contributed by atoms with Crippen LogP contribution in [0.15, 0.2) is 18.2 Å². The van der Waals surface area contributed by atoms with E-state index >= 15 is 0 Å². The second-order valence-electron chi connectivity index (χ2n) is 9.89. The first kappa shape index (κ1) is 24.2. The van der Waals surface area contributed by atoms with Crippen LogP contribution in [0, 0.1) is 18.8 Å². The van der Waals surface area contributed by atoms with Gasteiger partial charge in [0.2, 0.25) is 23.8 Å². The fourth-order valence-corrected chi connectivity index (χ4v) is 5.01. The topological polar surface area (TPSA) is 121 Å². The summed E-state index contributed by atoms with van der Waals surface area (Å²) in [7, 11) is 2.05. The lowest BCUT2D eigenvalue weighted by molar-refractivity contribution is 0.100. The molecule has 34 heavy (non-hydrogen) atoms. The van der Waals surface area contributed by atoms with E-state index in [0.29, 0.717) is 29.3 Å². The highest BCUT2D eigenvalue weighted by molar-refractivity contribution is 5.94. The number of anilines is 4. The largest absolute Gasteiger partial charge is 0.366 e. The summed E-state index contributed by atoms with van der Waals surface area (Å²) in [6.45, 7) is 7.08. The molecule has 2 heterocycles. The maximum atomic E-state index is 11.7. The third-order valence-electron chi connectivity index (χ3n) is 7.14. The van der Waals surface area contributed by atoms with Crippen molar-refractivity contribution in [1.29, 1.82) is 0 Å². The molecule has 1 aliphatic heterocycles. The molecular formula is C25H38N8O. The van der Waals surface area contributed by atoms with Crippen molar-refractivity contribution in [2.24, 2.45) is 17.6 Å². The number of aryl methyl sites for hydroxylation is 1. The predicted molar refractivity (Wildman–Crippen MR) is 137 cm³/mol.